The van der Waals surface area contributed by atoms with Gasteiger partial charge in [-0.1, -0.05) is 26.0 Å². The Kier molecular flexibility index (Phi) is 8.80. The van der Waals surface area contributed by atoms with Gasteiger partial charge >= 0.3 is 11.9 Å². The maximum Gasteiger partial charge on any atom is 0.323 e. The molecule has 2 N–H and O–H groups in total. The quantitative estimate of drug-likeness (QED) is 0.282. The van der Waals surface area contributed by atoms with Crippen LogP contribution in [0.25, 0.3) is 6.08 Å². The fourth-order valence-corrected chi connectivity index (χ4v) is 8.04. The number of hydrogen-bond acceptors (Lipinski definition) is 10. The van der Waals surface area contributed by atoms with Crippen molar-refractivity contribution in [1.29, 1.82) is 0 Å². The largest absolute Gasteiger partial charge is 0.510 e. The highest BCUT2D eigenvalue weighted by Crippen LogP contribution is 2.54. The highest BCUT2D eigenvalue weighted by Gasteiger charge is 2.57. The van der Waals surface area contributed by atoms with Crippen molar-refractivity contribution in [3.05, 3.63) is 128 Å². The van der Waals surface area contributed by atoms with E-state index < -0.39 is 11.4 Å². The number of ether oxygens (including phenoxy) is 2. The summed E-state index contributed by atoms with van der Waals surface area (Å²) in [6.07, 6.45) is 13.2. The lowest BCUT2D eigenvalue weighted by atomic mass is 9.78. The second kappa shape index (κ2) is 13.2. The van der Waals surface area contributed by atoms with E-state index in [4.69, 9.17) is 24.5 Å². The van der Waals surface area contributed by atoms with Gasteiger partial charge < -0.3 is 19.9 Å². The number of fused-ring (bicyclic) bond motifs is 5. The van der Waals surface area contributed by atoms with Crippen molar-refractivity contribution in [2.24, 2.45) is 32.2 Å². The van der Waals surface area contributed by atoms with Gasteiger partial charge in [-0.05, 0) is 99.3 Å². The minimum absolute atomic E-state index is 0.111. The second-order valence-corrected chi connectivity index (χ2v) is 14.0. The van der Waals surface area contributed by atoms with Gasteiger partial charge in [0.1, 0.15) is 5.76 Å². The molecule has 1 aromatic rings. The first-order valence-electron chi connectivity index (χ1n) is 17.7. The smallest absolute Gasteiger partial charge is 0.323 e. The Morgan fingerprint density at radius 3 is 2.40 bits per heavy atom. The van der Waals surface area contributed by atoms with E-state index in [1.54, 1.807) is 13.1 Å². The van der Waals surface area contributed by atoms with Gasteiger partial charge in [-0.15, -0.1) is 0 Å². The van der Waals surface area contributed by atoms with Gasteiger partial charge in [-0.2, -0.15) is 0 Å². The molecule has 1 fully saturated rings. The van der Waals surface area contributed by atoms with E-state index in [1.165, 1.54) is 14.2 Å². The number of pyridine rings is 1. The van der Waals surface area contributed by atoms with Crippen LogP contribution >= 0.6 is 0 Å². The van der Waals surface area contributed by atoms with Crippen molar-refractivity contribution in [3.63, 3.8) is 0 Å². The summed E-state index contributed by atoms with van der Waals surface area (Å²) in [6, 6.07) is 5.80. The number of carbonyl (C=O) groups excluding carboxylic acids is 2. The Bertz CT molecular complexity index is 2220. The predicted octanol–water partition coefficient (Wildman–Crippen LogP) is 7.51. The standard InChI is InChI=1S/C42H43N5O5/c1-9-26-21(2)30-19-34-27(14-13-25-12-10-11-17-43-25)22(3)29(45-34)18-31-23(4)28(15-16-35(48)51-7)38(46-31)37-39-36(40(49)42(37,6)41(50)52-8)24(5)32(47-39)20-33(26)44-30/h10-14,17-20,23,28,46,49H,9,15-16H2,1-8H3/b14-13+,31-18?,33-20?,34-19?,38-37?/t23-,28-,42-/m0/s1. The summed E-state index contributed by atoms with van der Waals surface area (Å²) in [5.41, 5.74) is 11.1. The molecule has 0 amide bonds. The summed E-state index contributed by atoms with van der Waals surface area (Å²) in [5.74, 6) is -1.42. The van der Waals surface area contributed by atoms with Crippen LogP contribution in [0.3, 0.4) is 0 Å². The first kappa shape index (κ1) is 34.8. The Labute approximate surface area is 303 Å². The van der Waals surface area contributed by atoms with Gasteiger partial charge in [0.2, 0.25) is 0 Å². The molecule has 1 aliphatic carbocycles. The molecular weight excluding hydrogens is 654 g/mol. The van der Waals surface area contributed by atoms with Crippen LogP contribution in [0.15, 0.2) is 137 Å². The molecule has 1 saturated heterocycles. The first-order chi connectivity index (χ1) is 24.9. The van der Waals surface area contributed by atoms with Crippen molar-refractivity contribution >= 4 is 35.1 Å². The minimum atomic E-state index is -1.54. The third-order valence-corrected chi connectivity index (χ3v) is 11.2. The van der Waals surface area contributed by atoms with Crippen molar-refractivity contribution in [1.82, 2.24) is 10.3 Å². The van der Waals surface area contributed by atoms with Crippen molar-refractivity contribution < 1.29 is 24.2 Å². The molecule has 52 heavy (non-hydrogen) atoms. The van der Waals surface area contributed by atoms with Crippen molar-refractivity contribution in [3.8, 4) is 0 Å². The zero-order valence-corrected chi connectivity index (χ0v) is 30.8. The number of aliphatic hydroxyl groups excluding tert-OH is 1. The molecule has 0 aromatic carbocycles. The van der Waals surface area contributed by atoms with Gasteiger partial charge in [0, 0.05) is 52.6 Å². The summed E-state index contributed by atoms with van der Waals surface area (Å²) in [6.45, 7) is 11.9. The number of carbonyl (C=O) groups is 2. The molecule has 6 heterocycles. The van der Waals surface area contributed by atoms with Gasteiger partial charge in [-0.3, -0.25) is 14.6 Å². The maximum atomic E-state index is 13.8. The summed E-state index contributed by atoms with van der Waals surface area (Å²) in [5, 5.41) is 15.7. The molecule has 0 unspecified atom stereocenters. The van der Waals surface area contributed by atoms with Crippen LogP contribution in [-0.4, -0.2) is 53.4 Å². The lowest BCUT2D eigenvalue weighted by Gasteiger charge is -2.27. The van der Waals surface area contributed by atoms with E-state index in [0.29, 0.717) is 34.7 Å². The zero-order chi connectivity index (χ0) is 37.1. The average Bonchev–Trinajstić information content (AvgIpc) is 3.86. The molecule has 10 heteroatoms. The third kappa shape index (κ3) is 5.39. The van der Waals surface area contributed by atoms with Crippen LogP contribution < -0.4 is 5.32 Å². The summed E-state index contributed by atoms with van der Waals surface area (Å²) in [7, 11) is 2.70. The number of hydrogen-bond donors (Lipinski definition) is 2. The monoisotopic (exact) mass is 697 g/mol. The molecule has 0 spiro atoms. The number of aliphatic imine (C=N–C) groups is 3. The normalized spacial score (nSPS) is 25.1. The number of allylic oxidation sites excluding steroid dienone is 11. The fourth-order valence-electron chi connectivity index (χ4n) is 8.04. The van der Waals surface area contributed by atoms with Gasteiger partial charge in [0.25, 0.3) is 0 Å². The highest BCUT2D eigenvalue weighted by molar-refractivity contribution is 6.25. The predicted molar refractivity (Wildman–Crippen MR) is 202 cm³/mol. The molecule has 266 valence electrons. The maximum absolute atomic E-state index is 13.8. The lowest BCUT2D eigenvalue weighted by Crippen LogP contribution is -2.35. The van der Waals surface area contributed by atoms with Crippen LogP contribution in [0, 0.1) is 17.3 Å². The van der Waals surface area contributed by atoms with Crippen molar-refractivity contribution in [2.45, 2.75) is 60.8 Å². The molecular formula is C42H43N5O5. The van der Waals surface area contributed by atoms with Crippen LogP contribution in [0.2, 0.25) is 0 Å². The van der Waals surface area contributed by atoms with E-state index in [0.717, 1.165) is 68.5 Å². The second-order valence-electron chi connectivity index (χ2n) is 14.0. The van der Waals surface area contributed by atoms with E-state index in [-0.39, 0.29) is 30.0 Å². The molecule has 5 aliphatic heterocycles. The number of methoxy groups -OCH3 is 2. The Morgan fingerprint density at radius 2 is 1.71 bits per heavy atom. The van der Waals surface area contributed by atoms with Gasteiger partial charge in [-0.25, -0.2) is 15.0 Å². The van der Waals surface area contributed by atoms with Gasteiger partial charge in [0.05, 0.1) is 54.1 Å². The molecule has 0 radical (unpaired) electrons. The van der Waals surface area contributed by atoms with Crippen LogP contribution in [-0.2, 0) is 19.1 Å². The number of aliphatic hydroxyl groups is 1. The van der Waals surface area contributed by atoms with E-state index in [2.05, 4.69) is 44.1 Å². The van der Waals surface area contributed by atoms with E-state index >= 15 is 0 Å². The number of aromatic nitrogens is 1. The third-order valence-electron chi connectivity index (χ3n) is 11.2. The summed E-state index contributed by atoms with van der Waals surface area (Å²) >= 11 is 0. The number of esters is 2. The SMILES string of the molecule is CCC1=C(C)C2=NC1=CC1=C(C)C3=C(O)[C@@](C)(C(=O)OC)C(=C4NC(=CC5=NC(=C2)C(/C=C/c2ccccn2)=C5C)[C@@H](C)[C@@H]4CCC(=O)OC)C3=N1. The number of nitrogens with one attached hydrogen (secondary N) is 1. The fraction of sp³-hybridized carbons (Fsp3) is 0.333. The summed E-state index contributed by atoms with van der Waals surface area (Å²) in [4.78, 5) is 46.2. The molecule has 7 rings (SSSR count). The number of rotatable bonds is 7. The topological polar surface area (TPSA) is 135 Å². The van der Waals surface area contributed by atoms with Crippen LogP contribution in [0.1, 0.15) is 66.5 Å². The first-order valence-corrected chi connectivity index (χ1v) is 17.7. The number of nitrogens with zero attached hydrogens (tertiary/aromatic N) is 4. The van der Waals surface area contributed by atoms with Crippen LogP contribution in [0.4, 0.5) is 0 Å². The minimum Gasteiger partial charge on any atom is -0.510 e. The van der Waals surface area contributed by atoms with Crippen molar-refractivity contribution in [2.75, 3.05) is 14.2 Å². The van der Waals surface area contributed by atoms with Gasteiger partial charge in [0.15, 0.2) is 5.41 Å². The molecule has 6 aliphatic rings. The average molecular weight is 698 g/mol. The molecule has 3 atom stereocenters. The molecule has 0 saturated carbocycles. The van der Waals surface area contributed by atoms with Crippen LogP contribution in [0.5, 0.6) is 0 Å². The molecule has 1 aromatic heterocycles. The Balaban J connectivity index is 1.51. The Hall–Kier alpha value is -5.64. The Morgan fingerprint density at radius 1 is 0.962 bits per heavy atom. The molecule has 8 bridgehead atoms. The lowest BCUT2D eigenvalue weighted by molar-refractivity contribution is -0.148. The summed E-state index contributed by atoms with van der Waals surface area (Å²) < 4.78 is 10.4. The zero-order valence-electron chi connectivity index (χ0n) is 30.8. The van der Waals surface area contributed by atoms with E-state index in [9.17, 15) is 14.7 Å². The van der Waals surface area contributed by atoms with E-state index in [1.807, 2.05) is 49.4 Å². The highest BCUT2D eigenvalue weighted by atomic mass is 16.5. The molecule has 10 nitrogen and oxygen atoms in total.